The van der Waals surface area contributed by atoms with Crippen LogP contribution in [0.5, 0.6) is 0 Å². The number of β-lactam (4-membered cyclic amide) rings is 1. The molecule has 11 nitrogen and oxygen atoms in total. The molecule has 0 aliphatic carbocycles. The zero-order chi connectivity index (χ0) is 24.7. The van der Waals surface area contributed by atoms with Gasteiger partial charge in [-0.2, -0.15) is 0 Å². The van der Waals surface area contributed by atoms with Crippen LogP contribution >= 0.6 is 34.4 Å². The van der Waals surface area contributed by atoms with Gasteiger partial charge in [-0.15, -0.1) is 34.4 Å². The summed E-state index contributed by atoms with van der Waals surface area (Å²) >= 11 is 4.09. The third kappa shape index (κ3) is 4.13. The highest BCUT2D eigenvalue weighted by molar-refractivity contribution is 8.00. The number of oxime groups is 1. The molecular weight excluding hydrogens is 512 g/mol. The van der Waals surface area contributed by atoms with Crippen LogP contribution in [0.15, 0.2) is 45.6 Å². The number of pyridine rings is 1. The number of thiophene rings is 1. The number of aromatic nitrogens is 2. The summed E-state index contributed by atoms with van der Waals surface area (Å²) in [6.07, 6.45) is 3.86. The molecule has 5 rings (SSSR count). The lowest BCUT2D eigenvalue weighted by molar-refractivity contribution is -0.150. The van der Waals surface area contributed by atoms with Gasteiger partial charge < -0.3 is 21.0 Å². The molecule has 2 aliphatic rings. The Labute approximate surface area is 210 Å². The molecule has 0 saturated carbocycles. The molecule has 1 fully saturated rings. The second-order valence-corrected chi connectivity index (χ2v) is 10.5. The molecule has 2 atom stereocenters. The van der Waals surface area contributed by atoms with Gasteiger partial charge in [-0.05, 0) is 29.0 Å². The number of thiazole rings is 1. The molecule has 0 aromatic carbocycles. The standard InChI is InChI=1S/C21H18N6O5S3/c1-32-26-13(12-8-35-21(22)24-12)17(28)25-14-18(29)27-15(20(30)31)11(7-34-19(14)27)4-10-6-23-5-9-2-3-33-16(9)10/h2-3,5-6,8,14,19H,4,7H2,1H3,(H2,22,24)(H,25,28)(H,30,31)/t14?,19-/m0/s1. The number of carbonyl (C=O) groups is 3. The van der Waals surface area contributed by atoms with Gasteiger partial charge in [-0.1, -0.05) is 5.16 Å². The van der Waals surface area contributed by atoms with Crippen molar-refractivity contribution < 1.29 is 24.3 Å². The predicted molar refractivity (Wildman–Crippen MR) is 133 cm³/mol. The lowest BCUT2D eigenvalue weighted by atomic mass is 9.99. The Bertz CT molecular complexity index is 1410. The van der Waals surface area contributed by atoms with Gasteiger partial charge >= 0.3 is 5.97 Å². The highest BCUT2D eigenvalue weighted by Gasteiger charge is 2.54. The first-order valence-electron chi connectivity index (χ1n) is 10.2. The van der Waals surface area contributed by atoms with Crippen LogP contribution in [0.4, 0.5) is 5.13 Å². The molecule has 35 heavy (non-hydrogen) atoms. The Hall–Kier alpha value is -3.49. The highest BCUT2D eigenvalue weighted by Crippen LogP contribution is 2.41. The van der Waals surface area contributed by atoms with E-state index in [2.05, 4.69) is 20.4 Å². The Balaban J connectivity index is 1.38. The van der Waals surface area contributed by atoms with Gasteiger partial charge in [0.15, 0.2) is 10.8 Å². The van der Waals surface area contributed by atoms with Crippen LogP contribution in [0.2, 0.25) is 0 Å². The Morgan fingerprint density at radius 2 is 2.20 bits per heavy atom. The molecule has 1 saturated heterocycles. The molecule has 0 spiro atoms. The molecule has 4 N–H and O–H groups in total. The summed E-state index contributed by atoms with van der Waals surface area (Å²) in [6, 6.07) is 1.05. The van der Waals surface area contributed by atoms with Crippen molar-refractivity contribution in [3.05, 3.63) is 51.7 Å². The van der Waals surface area contributed by atoms with E-state index in [1.165, 1.54) is 23.8 Å². The topological polar surface area (TPSA) is 160 Å². The lowest BCUT2D eigenvalue weighted by Gasteiger charge is -2.49. The Morgan fingerprint density at radius 3 is 2.91 bits per heavy atom. The maximum atomic E-state index is 13.0. The summed E-state index contributed by atoms with van der Waals surface area (Å²) in [6.45, 7) is 0. The summed E-state index contributed by atoms with van der Waals surface area (Å²) in [4.78, 5) is 52.4. The SMILES string of the molecule is CON=C(C(=O)NC1C(=O)N2C(C(=O)O)=C(Cc3cncc4ccsc34)CS[C@@H]12)c1csc(N)n1. The number of aliphatic carboxylic acids is 1. The molecule has 2 aliphatic heterocycles. The van der Waals surface area contributed by atoms with E-state index in [4.69, 9.17) is 10.6 Å². The number of nitrogens with one attached hydrogen (secondary N) is 1. The van der Waals surface area contributed by atoms with Gasteiger partial charge in [-0.3, -0.25) is 19.5 Å². The van der Waals surface area contributed by atoms with E-state index in [-0.39, 0.29) is 22.2 Å². The summed E-state index contributed by atoms with van der Waals surface area (Å²) in [7, 11) is 1.29. The molecule has 3 aromatic rings. The van der Waals surface area contributed by atoms with Gasteiger partial charge in [-0.25, -0.2) is 9.78 Å². The number of amides is 2. The number of nitrogen functional groups attached to an aromatic ring is 1. The average molecular weight is 531 g/mol. The lowest BCUT2D eigenvalue weighted by Crippen LogP contribution is -2.71. The molecule has 0 radical (unpaired) electrons. The zero-order valence-corrected chi connectivity index (χ0v) is 20.6. The maximum Gasteiger partial charge on any atom is 0.352 e. The minimum Gasteiger partial charge on any atom is -0.477 e. The fourth-order valence-corrected chi connectivity index (χ4v) is 6.80. The van der Waals surface area contributed by atoms with E-state index in [9.17, 15) is 19.5 Å². The number of carboxylic acids is 1. The zero-order valence-electron chi connectivity index (χ0n) is 18.1. The summed E-state index contributed by atoms with van der Waals surface area (Å²) in [5.74, 6) is -1.97. The molecular formula is C21H18N6O5S3. The van der Waals surface area contributed by atoms with Gasteiger partial charge in [0, 0.05) is 33.6 Å². The number of anilines is 1. The van der Waals surface area contributed by atoms with Crippen molar-refractivity contribution in [2.75, 3.05) is 18.6 Å². The Morgan fingerprint density at radius 1 is 1.37 bits per heavy atom. The first-order valence-corrected chi connectivity index (χ1v) is 13.0. The van der Waals surface area contributed by atoms with Gasteiger partial charge in [0.05, 0.1) is 0 Å². The van der Waals surface area contributed by atoms with E-state index in [1.807, 2.05) is 11.4 Å². The molecule has 14 heteroatoms. The number of fused-ring (bicyclic) bond motifs is 2. The Kier molecular flexibility index (Phi) is 6.17. The molecule has 0 bridgehead atoms. The summed E-state index contributed by atoms with van der Waals surface area (Å²) in [5, 5.41) is 20.5. The smallest absolute Gasteiger partial charge is 0.352 e. The minimum atomic E-state index is -1.19. The van der Waals surface area contributed by atoms with Gasteiger partial charge in [0.1, 0.15) is 29.9 Å². The van der Waals surface area contributed by atoms with Gasteiger partial charge in [0.25, 0.3) is 11.8 Å². The van der Waals surface area contributed by atoms with Crippen molar-refractivity contribution in [3.63, 3.8) is 0 Å². The second kappa shape index (κ2) is 9.28. The van der Waals surface area contributed by atoms with Crippen molar-refractivity contribution in [2.24, 2.45) is 5.16 Å². The van der Waals surface area contributed by atoms with Crippen LogP contribution in [-0.4, -0.2) is 67.7 Å². The van der Waals surface area contributed by atoms with Crippen LogP contribution in [0.1, 0.15) is 11.3 Å². The summed E-state index contributed by atoms with van der Waals surface area (Å²) in [5.41, 5.74) is 7.23. The normalized spacial score (nSPS) is 20.0. The van der Waals surface area contributed by atoms with E-state index in [0.29, 0.717) is 17.7 Å². The van der Waals surface area contributed by atoms with Crippen molar-refractivity contribution in [2.45, 2.75) is 17.8 Å². The number of nitrogens with zero attached hydrogens (tertiary/aromatic N) is 4. The first kappa shape index (κ1) is 23.3. The fourth-order valence-electron chi connectivity index (χ4n) is 4.02. The molecule has 180 valence electrons. The number of carboxylic acid groups (broad SMARTS) is 1. The number of hydrogen-bond donors (Lipinski definition) is 3. The van der Waals surface area contributed by atoms with E-state index >= 15 is 0 Å². The second-order valence-electron chi connectivity index (χ2n) is 7.63. The molecule has 1 unspecified atom stereocenters. The van der Waals surface area contributed by atoms with Crippen molar-refractivity contribution in [1.29, 1.82) is 0 Å². The van der Waals surface area contributed by atoms with Crippen LogP contribution < -0.4 is 11.1 Å². The van der Waals surface area contributed by atoms with Gasteiger partial charge in [0.2, 0.25) is 0 Å². The predicted octanol–water partition coefficient (Wildman–Crippen LogP) is 1.67. The quantitative estimate of drug-likeness (QED) is 0.234. The monoisotopic (exact) mass is 530 g/mol. The van der Waals surface area contributed by atoms with E-state index in [0.717, 1.165) is 27.0 Å². The number of carbonyl (C=O) groups excluding carboxylic acids is 2. The summed E-state index contributed by atoms with van der Waals surface area (Å²) < 4.78 is 1.04. The van der Waals surface area contributed by atoms with E-state index in [1.54, 1.807) is 29.1 Å². The van der Waals surface area contributed by atoms with Crippen LogP contribution in [0.3, 0.4) is 0 Å². The van der Waals surface area contributed by atoms with E-state index < -0.39 is 29.2 Å². The average Bonchev–Trinajstić information content (AvgIpc) is 3.49. The number of rotatable bonds is 7. The van der Waals surface area contributed by atoms with Crippen molar-refractivity contribution >= 4 is 73.1 Å². The van der Waals surface area contributed by atoms with Crippen LogP contribution in [-0.2, 0) is 25.6 Å². The van der Waals surface area contributed by atoms with Crippen molar-refractivity contribution in [3.8, 4) is 0 Å². The largest absolute Gasteiger partial charge is 0.477 e. The van der Waals surface area contributed by atoms with Crippen molar-refractivity contribution in [1.82, 2.24) is 20.2 Å². The highest BCUT2D eigenvalue weighted by atomic mass is 32.2. The number of nitrogens with two attached hydrogens (primary N) is 1. The third-order valence-corrected chi connectivity index (χ3v) is 8.55. The number of thioether (sulfide) groups is 1. The minimum absolute atomic E-state index is 0.0455. The van der Waals surface area contributed by atoms with Crippen LogP contribution in [0, 0.1) is 0 Å². The maximum absolute atomic E-state index is 13.0. The van der Waals surface area contributed by atoms with Crippen LogP contribution in [0.25, 0.3) is 10.1 Å². The molecule has 2 amide bonds. The molecule has 3 aromatic heterocycles. The number of hydrogen-bond acceptors (Lipinski definition) is 11. The fraction of sp³-hybridized carbons (Fsp3) is 0.238. The first-order chi connectivity index (χ1) is 16.9. The third-order valence-electron chi connectivity index (χ3n) is 5.53. The molecule has 5 heterocycles.